The van der Waals surface area contributed by atoms with Gasteiger partial charge in [-0.1, -0.05) is 29.8 Å². The van der Waals surface area contributed by atoms with E-state index in [9.17, 15) is 9.59 Å². The average Bonchev–Trinajstić information content (AvgIpc) is 2.83. The summed E-state index contributed by atoms with van der Waals surface area (Å²) in [6.07, 6.45) is 1.71. The Morgan fingerprint density at radius 1 is 1.15 bits per heavy atom. The highest BCUT2D eigenvalue weighted by Crippen LogP contribution is 2.49. The number of anilines is 1. The number of hydrogen-bond donors (Lipinski definition) is 0. The molecular formula is C20H16ClNO4. The van der Waals surface area contributed by atoms with E-state index in [-0.39, 0.29) is 12.3 Å². The molecule has 0 aliphatic carbocycles. The summed E-state index contributed by atoms with van der Waals surface area (Å²) in [5, 5.41) is 0.522. The Hall–Kier alpha value is -2.79. The van der Waals surface area contributed by atoms with Crippen molar-refractivity contribution in [1.29, 1.82) is 0 Å². The number of nitrogens with zero attached hydrogens (tertiary/aromatic N) is 1. The van der Waals surface area contributed by atoms with Gasteiger partial charge in [0.2, 0.25) is 5.60 Å². The molecule has 1 spiro atoms. The van der Waals surface area contributed by atoms with Crippen LogP contribution in [0.5, 0.6) is 5.75 Å². The maximum Gasteiger partial charge on any atom is 0.332 e. The molecule has 5 nitrogen and oxygen atoms in total. The Kier molecular flexibility index (Phi) is 3.77. The number of carbonyl (C=O) groups is 2. The fourth-order valence-corrected chi connectivity index (χ4v) is 3.74. The van der Waals surface area contributed by atoms with E-state index in [2.05, 4.69) is 0 Å². The maximum atomic E-state index is 13.0. The highest BCUT2D eigenvalue weighted by Gasteiger charge is 2.55. The molecule has 0 fully saturated rings. The van der Waals surface area contributed by atoms with Crippen molar-refractivity contribution in [3.63, 3.8) is 0 Å². The normalized spacial score (nSPS) is 21.5. The monoisotopic (exact) mass is 369 g/mol. The van der Waals surface area contributed by atoms with Gasteiger partial charge >= 0.3 is 5.97 Å². The lowest BCUT2D eigenvalue weighted by atomic mass is 9.83. The van der Waals surface area contributed by atoms with Crippen LogP contribution in [-0.2, 0) is 19.9 Å². The molecule has 2 aromatic carbocycles. The van der Waals surface area contributed by atoms with Crippen LogP contribution in [0.25, 0.3) is 5.57 Å². The molecule has 0 unspecified atom stereocenters. The molecule has 2 heterocycles. The highest BCUT2D eigenvalue weighted by molar-refractivity contribution is 6.31. The molecule has 0 aromatic heterocycles. The minimum absolute atomic E-state index is 0.267. The molecule has 2 aromatic rings. The Labute approximate surface area is 155 Å². The van der Waals surface area contributed by atoms with Crippen LogP contribution >= 0.6 is 11.6 Å². The lowest BCUT2D eigenvalue weighted by Gasteiger charge is -2.32. The van der Waals surface area contributed by atoms with Gasteiger partial charge in [-0.2, -0.15) is 0 Å². The second kappa shape index (κ2) is 5.88. The van der Waals surface area contributed by atoms with Gasteiger partial charge in [0.1, 0.15) is 5.75 Å². The molecular weight excluding hydrogens is 354 g/mol. The first-order chi connectivity index (χ1) is 12.4. The molecule has 6 heteroatoms. The Morgan fingerprint density at radius 2 is 1.88 bits per heavy atom. The predicted octanol–water partition coefficient (Wildman–Crippen LogP) is 3.55. The van der Waals surface area contributed by atoms with Crippen LogP contribution in [0.15, 0.2) is 48.5 Å². The van der Waals surface area contributed by atoms with E-state index in [0.717, 1.165) is 16.9 Å². The van der Waals surface area contributed by atoms with Gasteiger partial charge in [0.25, 0.3) is 5.91 Å². The van der Waals surface area contributed by atoms with E-state index in [1.165, 1.54) is 11.0 Å². The number of likely N-dealkylation sites (N-methyl/N-ethyl adjacent to an activating group) is 1. The van der Waals surface area contributed by atoms with Gasteiger partial charge in [-0.15, -0.1) is 0 Å². The molecule has 132 valence electrons. The standard InChI is InChI=1S/C20H16ClNO4/c1-22-17-10-14(21)5-8-16(17)20(19(22)24)11-13(9-18(23)26-20)12-3-6-15(25-2)7-4-12/h3-10H,11H2,1-2H3/t20-/m1/s1. The topological polar surface area (TPSA) is 55.8 Å². The van der Waals surface area contributed by atoms with Crippen LogP contribution in [-0.4, -0.2) is 26.0 Å². The number of amides is 1. The molecule has 0 bridgehead atoms. The first-order valence-corrected chi connectivity index (χ1v) is 8.48. The number of hydrogen-bond acceptors (Lipinski definition) is 4. The van der Waals surface area contributed by atoms with E-state index < -0.39 is 11.6 Å². The minimum atomic E-state index is -1.35. The number of fused-ring (bicyclic) bond motifs is 2. The molecule has 1 atom stereocenters. The molecule has 0 saturated heterocycles. The Balaban J connectivity index is 1.80. The van der Waals surface area contributed by atoms with Crippen LogP contribution in [0.3, 0.4) is 0 Å². The number of methoxy groups -OCH3 is 1. The number of ether oxygens (including phenoxy) is 2. The summed E-state index contributed by atoms with van der Waals surface area (Å²) >= 11 is 6.08. The first-order valence-electron chi connectivity index (χ1n) is 8.11. The second-order valence-electron chi connectivity index (χ2n) is 6.35. The number of benzene rings is 2. The third kappa shape index (κ3) is 2.39. The summed E-state index contributed by atoms with van der Waals surface area (Å²) < 4.78 is 10.8. The molecule has 26 heavy (non-hydrogen) atoms. The average molecular weight is 370 g/mol. The van der Waals surface area contributed by atoms with Crippen molar-refractivity contribution < 1.29 is 19.1 Å². The largest absolute Gasteiger partial charge is 0.497 e. The summed E-state index contributed by atoms with van der Waals surface area (Å²) in [5.74, 6) is -0.0899. The number of esters is 1. The van der Waals surface area contributed by atoms with Gasteiger partial charge in [-0.05, 0) is 35.4 Å². The minimum Gasteiger partial charge on any atom is -0.497 e. The van der Waals surface area contributed by atoms with Crippen molar-refractivity contribution in [2.75, 3.05) is 19.1 Å². The maximum absolute atomic E-state index is 13.0. The summed E-state index contributed by atoms with van der Waals surface area (Å²) in [4.78, 5) is 26.9. The zero-order chi connectivity index (χ0) is 18.5. The molecule has 0 N–H and O–H groups in total. The molecule has 0 saturated carbocycles. The van der Waals surface area contributed by atoms with Crippen molar-refractivity contribution in [2.45, 2.75) is 12.0 Å². The van der Waals surface area contributed by atoms with Crippen LogP contribution in [0, 0.1) is 0 Å². The summed E-state index contributed by atoms with van der Waals surface area (Å²) in [6.45, 7) is 0. The van der Waals surface area contributed by atoms with Gasteiger partial charge in [0.15, 0.2) is 0 Å². The van der Waals surface area contributed by atoms with E-state index in [0.29, 0.717) is 16.3 Å². The van der Waals surface area contributed by atoms with E-state index in [4.69, 9.17) is 21.1 Å². The van der Waals surface area contributed by atoms with Gasteiger partial charge in [-0.25, -0.2) is 4.79 Å². The molecule has 2 aliphatic heterocycles. The van der Waals surface area contributed by atoms with Crippen LogP contribution in [0.4, 0.5) is 5.69 Å². The van der Waals surface area contributed by atoms with Gasteiger partial charge < -0.3 is 14.4 Å². The molecule has 2 aliphatic rings. The van der Waals surface area contributed by atoms with Crippen LogP contribution in [0.1, 0.15) is 17.5 Å². The van der Waals surface area contributed by atoms with Gasteiger partial charge in [0.05, 0.1) is 12.8 Å². The Bertz CT molecular complexity index is 951. The SMILES string of the molecule is COc1ccc(C2=CC(=O)O[C@@]3(C2)C(=O)N(C)c2cc(Cl)ccc23)cc1. The smallest absolute Gasteiger partial charge is 0.332 e. The number of rotatable bonds is 2. The van der Waals surface area contributed by atoms with Crippen LogP contribution in [0.2, 0.25) is 5.02 Å². The van der Waals surface area contributed by atoms with Crippen molar-refractivity contribution in [2.24, 2.45) is 0 Å². The summed E-state index contributed by atoms with van der Waals surface area (Å²) in [6, 6.07) is 12.5. The first kappa shape index (κ1) is 16.7. The van der Waals surface area contributed by atoms with Crippen molar-refractivity contribution >= 4 is 34.7 Å². The molecule has 4 rings (SSSR count). The lowest BCUT2D eigenvalue weighted by Crippen LogP contribution is -2.44. The van der Waals surface area contributed by atoms with Crippen molar-refractivity contribution in [1.82, 2.24) is 0 Å². The summed E-state index contributed by atoms with van der Waals surface area (Å²) in [5.41, 5.74) is 1.55. The number of halogens is 1. The predicted molar refractivity (Wildman–Crippen MR) is 98.2 cm³/mol. The highest BCUT2D eigenvalue weighted by atomic mass is 35.5. The fraction of sp³-hybridized carbons (Fsp3) is 0.200. The number of carbonyl (C=O) groups excluding carboxylic acids is 2. The fourth-order valence-electron chi connectivity index (χ4n) is 3.58. The van der Waals surface area contributed by atoms with Crippen molar-refractivity contribution in [3.8, 4) is 5.75 Å². The molecule has 1 amide bonds. The summed E-state index contributed by atoms with van der Waals surface area (Å²) in [7, 11) is 3.25. The quantitative estimate of drug-likeness (QED) is 0.760. The zero-order valence-electron chi connectivity index (χ0n) is 14.3. The van der Waals surface area contributed by atoms with E-state index >= 15 is 0 Å². The van der Waals surface area contributed by atoms with Crippen molar-refractivity contribution in [3.05, 3.63) is 64.7 Å². The van der Waals surface area contributed by atoms with E-state index in [1.807, 2.05) is 24.3 Å². The zero-order valence-corrected chi connectivity index (χ0v) is 15.0. The van der Waals surface area contributed by atoms with Gasteiger partial charge in [-0.3, -0.25) is 4.79 Å². The Morgan fingerprint density at radius 3 is 2.58 bits per heavy atom. The third-order valence-corrected chi connectivity index (χ3v) is 5.11. The third-order valence-electron chi connectivity index (χ3n) is 4.87. The lowest BCUT2D eigenvalue weighted by molar-refractivity contribution is -0.163. The van der Waals surface area contributed by atoms with Crippen LogP contribution < -0.4 is 9.64 Å². The second-order valence-corrected chi connectivity index (χ2v) is 6.79. The van der Waals surface area contributed by atoms with E-state index in [1.54, 1.807) is 32.4 Å². The molecule has 0 radical (unpaired) electrons. The van der Waals surface area contributed by atoms with Gasteiger partial charge in [0, 0.05) is 30.1 Å².